The lowest BCUT2D eigenvalue weighted by Gasteiger charge is -2.43. The van der Waals surface area contributed by atoms with Crippen LogP contribution in [0.1, 0.15) is 30.9 Å². The highest BCUT2D eigenvalue weighted by Crippen LogP contribution is 2.33. The van der Waals surface area contributed by atoms with Crippen molar-refractivity contribution in [3.05, 3.63) is 35.4 Å². The highest BCUT2D eigenvalue weighted by molar-refractivity contribution is 7.91. The van der Waals surface area contributed by atoms with Gasteiger partial charge in [0.25, 0.3) is 0 Å². The Kier molecular flexibility index (Phi) is 4.31. The summed E-state index contributed by atoms with van der Waals surface area (Å²) >= 11 is 0. The summed E-state index contributed by atoms with van der Waals surface area (Å²) in [6, 6.07) is 8.64. The van der Waals surface area contributed by atoms with E-state index in [1.165, 1.54) is 11.1 Å². The van der Waals surface area contributed by atoms with Crippen LogP contribution in [0.3, 0.4) is 0 Å². The first kappa shape index (κ1) is 14.5. The van der Waals surface area contributed by atoms with E-state index in [-0.39, 0.29) is 11.2 Å². The molecular formula is C15H23NO2S. The molecule has 0 amide bonds. The largest absolute Gasteiger partial charge is 0.315 e. The second-order valence-corrected chi connectivity index (χ2v) is 8.06. The van der Waals surface area contributed by atoms with E-state index in [1.807, 2.05) is 0 Å². The molecule has 1 aliphatic rings. The van der Waals surface area contributed by atoms with E-state index in [0.717, 1.165) is 25.9 Å². The van der Waals surface area contributed by atoms with Crippen LogP contribution in [0.2, 0.25) is 0 Å². The van der Waals surface area contributed by atoms with Crippen LogP contribution in [0.15, 0.2) is 24.3 Å². The zero-order valence-electron chi connectivity index (χ0n) is 11.8. The third-order valence-corrected chi connectivity index (χ3v) is 5.93. The Hall–Kier alpha value is -0.870. The van der Waals surface area contributed by atoms with Crippen molar-refractivity contribution in [1.29, 1.82) is 0 Å². The van der Waals surface area contributed by atoms with Gasteiger partial charge in [-0.1, -0.05) is 36.8 Å². The molecule has 0 bridgehead atoms. The van der Waals surface area contributed by atoms with Gasteiger partial charge >= 0.3 is 0 Å². The minimum atomic E-state index is -2.84. The standard InChI is InChI=1S/C15H23NO2S/c1-3-19(17,18)10-4-9-15(11-16-12-15)14-7-5-13(2)6-8-14/h5-8,16H,3-4,9-12H2,1-2H3. The van der Waals surface area contributed by atoms with Gasteiger partial charge in [-0.25, -0.2) is 8.42 Å². The van der Waals surface area contributed by atoms with Crippen molar-refractivity contribution in [2.24, 2.45) is 0 Å². The molecule has 0 aliphatic carbocycles. The molecule has 1 aromatic rings. The minimum Gasteiger partial charge on any atom is -0.315 e. The monoisotopic (exact) mass is 281 g/mol. The number of hydrogen-bond donors (Lipinski definition) is 1. The van der Waals surface area contributed by atoms with E-state index in [1.54, 1.807) is 6.92 Å². The molecule has 19 heavy (non-hydrogen) atoms. The summed E-state index contributed by atoms with van der Waals surface area (Å²) in [6.45, 7) is 5.73. The third-order valence-electron chi connectivity index (χ3n) is 4.14. The van der Waals surface area contributed by atoms with Crippen LogP contribution < -0.4 is 5.32 Å². The number of benzene rings is 1. The Morgan fingerprint density at radius 2 is 1.84 bits per heavy atom. The number of nitrogens with one attached hydrogen (secondary N) is 1. The highest BCUT2D eigenvalue weighted by Gasteiger charge is 2.38. The maximum atomic E-state index is 11.6. The van der Waals surface area contributed by atoms with Crippen molar-refractivity contribution >= 4 is 9.84 Å². The van der Waals surface area contributed by atoms with Gasteiger partial charge in [-0.2, -0.15) is 0 Å². The van der Waals surface area contributed by atoms with Crippen LogP contribution in [0.4, 0.5) is 0 Å². The summed E-state index contributed by atoms with van der Waals surface area (Å²) in [6.07, 6.45) is 1.70. The van der Waals surface area contributed by atoms with Crippen molar-refractivity contribution in [2.45, 2.75) is 32.1 Å². The highest BCUT2D eigenvalue weighted by atomic mass is 32.2. The van der Waals surface area contributed by atoms with Gasteiger partial charge in [-0.05, 0) is 25.3 Å². The number of rotatable bonds is 6. The Morgan fingerprint density at radius 1 is 1.21 bits per heavy atom. The average molecular weight is 281 g/mol. The third kappa shape index (κ3) is 3.37. The van der Waals surface area contributed by atoms with E-state index in [9.17, 15) is 8.42 Å². The maximum Gasteiger partial charge on any atom is 0.150 e. The number of aryl methyl sites for hydroxylation is 1. The molecule has 0 atom stereocenters. The van der Waals surface area contributed by atoms with E-state index >= 15 is 0 Å². The summed E-state index contributed by atoms with van der Waals surface area (Å²) in [4.78, 5) is 0. The van der Waals surface area contributed by atoms with E-state index in [0.29, 0.717) is 5.75 Å². The van der Waals surface area contributed by atoms with Gasteiger partial charge in [0.05, 0.1) is 5.75 Å². The van der Waals surface area contributed by atoms with Gasteiger partial charge in [-0.15, -0.1) is 0 Å². The SMILES string of the molecule is CCS(=O)(=O)CCCC1(c2ccc(C)cc2)CNC1. The lowest BCUT2D eigenvalue weighted by molar-refractivity contribution is 0.256. The summed E-state index contributed by atoms with van der Waals surface area (Å²) in [7, 11) is -2.84. The Labute approximate surface area is 116 Å². The van der Waals surface area contributed by atoms with Crippen molar-refractivity contribution in [1.82, 2.24) is 5.32 Å². The lowest BCUT2D eigenvalue weighted by Crippen LogP contribution is -2.56. The molecule has 0 radical (unpaired) electrons. The summed E-state index contributed by atoms with van der Waals surface area (Å²) < 4.78 is 23.1. The fraction of sp³-hybridized carbons (Fsp3) is 0.600. The first-order valence-corrected chi connectivity index (χ1v) is 8.78. The van der Waals surface area contributed by atoms with Gasteiger partial charge in [0.2, 0.25) is 0 Å². The predicted molar refractivity (Wildman–Crippen MR) is 79.3 cm³/mol. The fourth-order valence-corrected chi connectivity index (χ4v) is 3.51. The molecule has 1 heterocycles. The van der Waals surface area contributed by atoms with Crippen LogP contribution in [0.5, 0.6) is 0 Å². The molecule has 2 rings (SSSR count). The molecule has 0 spiro atoms. The van der Waals surface area contributed by atoms with Gasteiger partial charge in [0, 0.05) is 24.3 Å². The summed E-state index contributed by atoms with van der Waals surface area (Å²) in [5.41, 5.74) is 2.75. The molecule has 1 N–H and O–H groups in total. The van der Waals surface area contributed by atoms with Crippen LogP contribution in [-0.2, 0) is 15.3 Å². The Bertz CT molecular complexity index is 516. The number of sulfone groups is 1. The predicted octanol–water partition coefficient (Wildman–Crippen LogP) is 2.05. The molecule has 1 fully saturated rings. The molecule has 0 aromatic heterocycles. The molecule has 0 unspecified atom stereocenters. The van der Waals surface area contributed by atoms with Crippen molar-refractivity contribution in [3.63, 3.8) is 0 Å². The molecule has 3 nitrogen and oxygen atoms in total. The maximum absolute atomic E-state index is 11.6. The van der Waals surface area contributed by atoms with Gasteiger partial charge in [-0.3, -0.25) is 0 Å². The lowest BCUT2D eigenvalue weighted by atomic mass is 9.72. The zero-order valence-corrected chi connectivity index (χ0v) is 12.6. The van der Waals surface area contributed by atoms with Crippen molar-refractivity contribution < 1.29 is 8.42 Å². The summed E-state index contributed by atoms with van der Waals surface area (Å²) in [5.74, 6) is 0.569. The van der Waals surface area contributed by atoms with E-state index in [2.05, 4.69) is 36.5 Å². The molecule has 0 saturated carbocycles. The fourth-order valence-electron chi connectivity index (χ4n) is 2.63. The minimum absolute atomic E-state index is 0.150. The van der Waals surface area contributed by atoms with Crippen LogP contribution in [0, 0.1) is 6.92 Å². The van der Waals surface area contributed by atoms with Gasteiger partial charge in [0.1, 0.15) is 9.84 Å². The van der Waals surface area contributed by atoms with Gasteiger partial charge < -0.3 is 5.32 Å². The molecule has 106 valence electrons. The topological polar surface area (TPSA) is 46.2 Å². The Balaban J connectivity index is 2.01. The van der Waals surface area contributed by atoms with E-state index in [4.69, 9.17) is 0 Å². The normalized spacial score (nSPS) is 18.0. The molecule has 1 aliphatic heterocycles. The molecule has 1 saturated heterocycles. The van der Waals surface area contributed by atoms with Crippen LogP contribution in [0.25, 0.3) is 0 Å². The summed E-state index contributed by atoms with van der Waals surface area (Å²) in [5, 5.41) is 3.33. The van der Waals surface area contributed by atoms with E-state index < -0.39 is 9.84 Å². The van der Waals surface area contributed by atoms with Crippen LogP contribution in [-0.4, -0.2) is 33.0 Å². The second-order valence-electron chi connectivity index (χ2n) is 5.59. The quantitative estimate of drug-likeness (QED) is 0.868. The average Bonchev–Trinajstić information content (AvgIpc) is 2.34. The van der Waals surface area contributed by atoms with Crippen molar-refractivity contribution in [2.75, 3.05) is 24.6 Å². The van der Waals surface area contributed by atoms with Crippen molar-refractivity contribution in [3.8, 4) is 0 Å². The van der Waals surface area contributed by atoms with Crippen LogP contribution >= 0.6 is 0 Å². The molecule has 1 aromatic carbocycles. The first-order valence-electron chi connectivity index (χ1n) is 6.96. The second kappa shape index (κ2) is 5.63. The Morgan fingerprint density at radius 3 is 2.32 bits per heavy atom. The molecule has 4 heteroatoms. The number of hydrogen-bond acceptors (Lipinski definition) is 3. The van der Waals surface area contributed by atoms with Gasteiger partial charge in [0.15, 0.2) is 0 Å². The first-order chi connectivity index (χ1) is 8.97. The molecular weight excluding hydrogens is 258 g/mol. The smallest absolute Gasteiger partial charge is 0.150 e. The zero-order chi connectivity index (χ0) is 13.9.